The van der Waals surface area contributed by atoms with E-state index in [0.717, 1.165) is 34.1 Å². The Morgan fingerprint density at radius 1 is 1.19 bits per heavy atom. The van der Waals surface area contributed by atoms with E-state index >= 15 is 0 Å². The summed E-state index contributed by atoms with van der Waals surface area (Å²) in [5.41, 5.74) is 3.15. The predicted octanol–water partition coefficient (Wildman–Crippen LogP) is 4.19. The van der Waals surface area contributed by atoms with Gasteiger partial charge in [0.15, 0.2) is 0 Å². The second-order valence-corrected chi connectivity index (χ2v) is 11.1. The van der Waals surface area contributed by atoms with E-state index < -0.39 is 10.0 Å². The molecule has 3 heterocycles. The van der Waals surface area contributed by atoms with Gasteiger partial charge in [0.25, 0.3) is 5.91 Å². The maximum Gasteiger partial charge on any atom is 0.258 e. The van der Waals surface area contributed by atoms with Gasteiger partial charge in [0.2, 0.25) is 10.0 Å². The standard InChI is InChI=1S/C22H23N3O3S3/c1-2-10-23-31(27,28)15-16-5-7-17(8-6-16)24-21(26)20-18-9-13-29-14-19(18)30-22(20)25-11-3-4-12-25/h2-8,11-12,23H,1,9-10,13-15H2,(H,24,26). The Morgan fingerprint density at radius 3 is 2.65 bits per heavy atom. The van der Waals surface area contributed by atoms with Gasteiger partial charge in [-0.3, -0.25) is 4.79 Å². The summed E-state index contributed by atoms with van der Waals surface area (Å²) < 4.78 is 28.5. The van der Waals surface area contributed by atoms with Crippen molar-refractivity contribution in [2.75, 3.05) is 17.6 Å². The van der Waals surface area contributed by atoms with Crippen molar-refractivity contribution in [3.63, 3.8) is 0 Å². The molecule has 0 spiro atoms. The van der Waals surface area contributed by atoms with Gasteiger partial charge >= 0.3 is 0 Å². The first-order valence-electron chi connectivity index (χ1n) is 9.81. The van der Waals surface area contributed by atoms with Crippen LogP contribution in [0.25, 0.3) is 5.00 Å². The van der Waals surface area contributed by atoms with Crippen LogP contribution < -0.4 is 10.0 Å². The molecule has 0 radical (unpaired) electrons. The molecule has 31 heavy (non-hydrogen) atoms. The molecule has 1 aromatic carbocycles. The van der Waals surface area contributed by atoms with Gasteiger partial charge in [-0.1, -0.05) is 18.2 Å². The van der Waals surface area contributed by atoms with E-state index in [2.05, 4.69) is 16.6 Å². The molecule has 6 nitrogen and oxygen atoms in total. The highest BCUT2D eigenvalue weighted by molar-refractivity contribution is 7.98. The maximum absolute atomic E-state index is 13.3. The van der Waals surface area contributed by atoms with Crippen LogP contribution in [0.2, 0.25) is 0 Å². The molecule has 4 rings (SSSR count). The molecule has 2 aromatic heterocycles. The van der Waals surface area contributed by atoms with Gasteiger partial charge in [0.1, 0.15) is 5.00 Å². The lowest BCUT2D eigenvalue weighted by Gasteiger charge is -2.13. The van der Waals surface area contributed by atoms with Gasteiger partial charge in [0, 0.05) is 35.3 Å². The largest absolute Gasteiger partial charge is 0.322 e. The molecule has 0 saturated heterocycles. The number of rotatable bonds is 8. The van der Waals surface area contributed by atoms with Gasteiger partial charge in [-0.2, -0.15) is 11.8 Å². The van der Waals surface area contributed by atoms with Crippen molar-refractivity contribution in [1.82, 2.24) is 9.29 Å². The van der Waals surface area contributed by atoms with Crippen molar-refractivity contribution in [2.45, 2.75) is 17.9 Å². The van der Waals surface area contributed by atoms with Crippen LogP contribution in [-0.4, -0.2) is 31.2 Å². The van der Waals surface area contributed by atoms with E-state index in [4.69, 9.17) is 0 Å². The number of amides is 1. The van der Waals surface area contributed by atoms with Crippen LogP contribution in [0.3, 0.4) is 0 Å². The van der Waals surface area contributed by atoms with Gasteiger partial charge < -0.3 is 9.88 Å². The lowest BCUT2D eigenvalue weighted by Crippen LogP contribution is -2.25. The Bertz CT molecular complexity index is 1180. The molecule has 1 aliphatic rings. The second kappa shape index (κ2) is 9.44. The molecule has 0 fully saturated rings. The highest BCUT2D eigenvalue weighted by Crippen LogP contribution is 2.38. The molecule has 9 heteroatoms. The third-order valence-electron chi connectivity index (χ3n) is 4.88. The molecule has 0 unspecified atom stereocenters. The number of hydrogen-bond donors (Lipinski definition) is 2. The van der Waals surface area contributed by atoms with Crippen molar-refractivity contribution < 1.29 is 13.2 Å². The summed E-state index contributed by atoms with van der Waals surface area (Å²) in [5.74, 6) is 1.69. The van der Waals surface area contributed by atoms with E-state index in [1.54, 1.807) is 35.6 Å². The molecule has 2 N–H and O–H groups in total. The third-order valence-corrected chi connectivity index (χ3v) is 8.62. The molecule has 0 atom stereocenters. The number of hydrogen-bond acceptors (Lipinski definition) is 5. The lowest BCUT2D eigenvalue weighted by atomic mass is 10.1. The average Bonchev–Trinajstić information content (AvgIpc) is 3.41. The summed E-state index contributed by atoms with van der Waals surface area (Å²) in [6.45, 7) is 3.71. The number of fused-ring (bicyclic) bond motifs is 1. The fourth-order valence-electron chi connectivity index (χ4n) is 3.44. The fraction of sp³-hybridized carbons (Fsp3) is 0.227. The van der Waals surface area contributed by atoms with Crippen molar-refractivity contribution in [3.8, 4) is 5.00 Å². The van der Waals surface area contributed by atoms with Gasteiger partial charge in [-0.15, -0.1) is 17.9 Å². The van der Waals surface area contributed by atoms with E-state index in [-0.39, 0.29) is 18.2 Å². The number of anilines is 1. The second-order valence-electron chi connectivity index (χ2n) is 7.12. The van der Waals surface area contributed by atoms with Crippen molar-refractivity contribution in [2.24, 2.45) is 0 Å². The minimum absolute atomic E-state index is 0.122. The number of carbonyl (C=O) groups is 1. The van der Waals surface area contributed by atoms with Crippen molar-refractivity contribution in [1.29, 1.82) is 0 Å². The predicted molar refractivity (Wildman–Crippen MR) is 129 cm³/mol. The molecular weight excluding hydrogens is 450 g/mol. The van der Waals surface area contributed by atoms with Crippen LogP contribution in [0.4, 0.5) is 5.69 Å². The highest BCUT2D eigenvalue weighted by Gasteiger charge is 2.26. The molecule has 162 valence electrons. The van der Waals surface area contributed by atoms with Crippen molar-refractivity contribution >= 4 is 44.7 Å². The summed E-state index contributed by atoms with van der Waals surface area (Å²) in [4.78, 5) is 14.5. The molecular formula is C22H23N3O3S3. The summed E-state index contributed by atoms with van der Waals surface area (Å²) in [7, 11) is -3.42. The normalized spacial score (nSPS) is 13.5. The molecule has 1 aliphatic heterocycles. The number of thiophene rings is 1. The minimum Gasteiger partial charge on any atom is -0.322 e. The maximum atomic E-state index is 13.3. The fourth-order valence-corrected chi connectivity index (χ4v) is 6.99. The lowest BCUT2D eigenvalue weighted by molar-refractivity contribution is 0.102. The number of nitrogens with one attached hydrogen (secondary N) is 2. The number of benzene rings is 1. The van der Waals surface area contributed by atoms with Gasteiger partial charge in [-0.25, -0.2) is 13.1 Å². The number of aromatic nitrogens is 1. The third kappa shape index (κ3) is 5.12. The first-order valence-corrected chi connectivity index (χ1v) is 13.4. The Kier molecular flexibility index (Phi) is 6.66. The first kappa shape index (κ1) is 21.9. The average molecular weight is 474 g/mol. The summed E-state index contributed by atoms with van der Waals surface area (Å²) in [6, 6.07) is 10.8. The Labute approximate surface area is 190 Å². The van der Waals surface area contributed by atoms with Gasteiger partial charge in [0.05, 0.1) is 11.3 Å². The van der Waals surface area contributed by atoms with E-state index in [0.29, 0.717) is 11.3 Å². The van der Waals surface area contributed by atoms with Crippen LogP contribution in [0.5, 0.6) is 0 Å². The zero-order chi connectivity index (χ0) is 21.8. The molecule has 3 aromatic rings. The monoisotopic (exact) mass is 473 g/mol. The smallest absolute Gasteiger partial charge is 0.258 e. The summed E-state index contributed by atoms with van der Waals surface area (Å²) >= 11 is 3.57. The summed E-state index contributed by atoms with van der Waals surface area (Å²) in [5, 5.41) is 3.93. The first-order chi connectivity index (χ1) is 15.0. The van der Waals surface area contributed by atoms with Gasteiger partial charge in [-0.05, 0) is 47.6 Å². The quantitative estimate of drug-likeness (QED) is 0.481. The van der Waals surface area contributed by atoms with E-state index in [1.165, 1.54) is 11.0 Å². The molecule has 0 aliphatic carbocycles. The molecule has 1 amide bonds. The van der Waals surface area contributed by atoms with Crippen LogP contribution in [-0.2, 0) is 27.9 Å². The van der Waals surface area contributed by atoms with Crippen LogP contribution >= 0.6 is 23.1 Å². The van der Waals surface area contributed by atoms with Crippen LogP contribution in [0.1, 0.15) is 26.4 Å². The Hall–Kier alpha value is -2.33. The number of thioether (sulfide) groups is 1. The SMILES string of the molecule is C=CCNS(=O)(=O)Cc1ccc(NC(=O)c2c(-n3cccc3)sc3c2CCSC3)cc1. The summed E-state index contributed by atoms with van der Waals surface area (Å²) in [6.07, 6.45) is 6.29. The zero-order valence-corrected chi connectivity index (χ0v) is 19.3. The van der Waals surface area contributed by atoms with E-state index in [9.17, 15) is 13.2 Å². The number of carbonyl (C=O) groups excluding carboxylic acids is 1. The highest BCUT2D eigenvalue weighted by atomic mass is 32.2. The van der Waals surface area contributed by atoms with Crippen LogP contribution in [0.15, 0.2) is 61.4 Å². The minimum atomic E-state index is -3.42. The number of nitrogens with zero attached hydrogens (tertiary/aromatic N) is 1. The Morgan fingerprint density at radius 2 is 1.94 bits per heavy atom. The number of sulfonamides is 1. The molecule has 0 bridgehead atoms. The topological polar surface area (TPSA) is 80.2 Å². The van der Waals surface area contributed by atoms with Crippen molar-refractivity contribution in [3.05, 3.63) is 83.0 Å². The zero-order valence-electron chi connectivity index (χ0n) is 16.8. The van der Waals surface area contributed by atoms with Crippen LogP contribution in [0, 0.1) is 0 Å². The Balaban J connectivity index is 1.54. The molecule has 0 saturated carbocycles. The van der Waals surface area contributed by atoms with E-state index in [1.807, 2.05) is 40.9 Å².